The molecule has 0 unspecified atom stereocenters. The van der Waals surface area contributed by atoms with Crippen LogP contribution in [0.2, 0.25) is 0 Å². The van der Waals surface area contributed by atoms with Gasteiger partial charge in [-0.1, -0.05) is 35.4 Å². The predicted molar refractivity (Wildman–Crippen MR) is 103 cm³/mol. The molecule has 5 nitrogen and oxygen atoms in total. The highest BCUT2D eigenvalue weighted by Gasteiger charge is 2.22. The molecule has 0 aliphatic rings. The van der Waals surface area contributed by atoms with Gasteiger partial charge in [0.2, 0.25) is 15.9 Å². The number of nitrogens with zero attached hydrogens (tertiary/aromatic N) is 1. The van der Waals surface area contributed by atoms with Gasteiger partial charge in [-0.3, -0.25) is 9.10 Å². The van der Waals surface area contributed by atoms with E-state index in [9.17, 15) is 13.2 Å². The van der Waals surface area contributed by atoms with Crippen LogP contribution in [0.5, 0.6) is 0 Å². The van der Waals surface area contributed by atoms with Crippen molar-refractivity contribution in [3.63, 3.8) is 0 Å². The fourth-order valence-corrected chi connectivity index (χ4v) is 3.65. The number of aryl methyl sites for hydroxylation is 4. The van der Waals surface area contributed by atoms with E-state index in [0.29, 0.717) is 11.4 Å². The van der Waals surface area contributed by atoms with Crippen molar-refractivity contribution in [2.45, 2.75) is 27.7 Å². The largest absolute Gasteiger partial charge is 0.324 e. The minimum atomic E-state index is -3.59. The summed E-state index contributed by atoms with van der Waals surface area (Å²) in [5, 5.41) is 2.80. The average molecular weight is 360 g/mol. The highest BCUT2D eigenvalue weighted by atomic mass is 32.2. The lowest BCUT2D eigenvalue weighted by molar-refractivity contribution is -0.114. The second-order valence-corrected chi connectivity index (χ2v) is 8.33. The van der Waals surface area contributed by atoms with Crippen molar-refractivity contribution in [1.29, 1.82) is 0 Å². The molecule has 134 valence electrons. The molecule has 1 N–H and O–H groups in total. The zero-order valence-corrected chi connectivity index (χ0v) is 16.1. The minimum Gasteiger partial charge on any atom is -0.324 e. The first-order valence-electron chi connectivity index (χ1n) is 8.00. The van der Waals surface area contributed by atoms with Gasteiger partial charge in [-0.05, 0) is 51.0 Å². The van der Waals surface area contributed by atoms with Gasteiger partial charge in [0.05, 0.1) is 11.9 Å². The maximum atomic E-state index is 12.4. The van der Waals surface area contributed by atoms with Crippen molar-refractivity contribution >= 4 is 27.3 Å². The fourth-order valence-electron chi connectivity index (χ4n) is 2.74. The van der Waals surface area contributed by atoms with Crippen molar-refractivity contribution in [2.75, 3.05) is 22.4 Å². The number of hydrogen-bond donors (Lipinski definition) is 1. The monoisotopic (exact) mass is 360 g/mol. The number of carbonyl (C=O) groups is 1. The van der Waals surface area contributed by atoms with Crippen LogP contribution < -0.4 is 9.62 Å². The lowest BCUT2D eigenvalue weighted by atomic mass is 10.1. The quantitative estimate of drug-likeness (QED) is 0.889. The highest BCUT2D eigenvalue weighted by molar-refractivity contribution is 7.92. The zero-order chi connectivity index (χ0) is 18.8. The van der Waals surface area contributed by atoms with Gasteiger partial charge in [0.1, 0.15) is 6.54 Å². The Bertz CT molecular complexity index is 905. The summed E-state index contributed by atoms with van der Waals surface area (Å²) in [5.41, 5.74) is 5.09. The fraction of sp³-hybridized carbons (Fsp3) is 0.316. The van der Waals surface area contributed by atoms with E-state index in [1.807, 2.05) is 58.0 Å². The molecule has 6 heteroatoms. The van der Waals surface area contributed by atoms with Crippen molar-refractivity contribution in [2.24, 2.45) is 0 Å². The number of anilines is 2. The van der Waals surface area contributed by atoms with Gasteiger partial charge in [0.25, 0.3) is 0 Å². The van der Waals surface area contributed by atoms with Crippen LogP contribution in [0, 0.1) is 27.7 Å². The van der Waals surface area contributed by atoms with E-state index in [4.69, 9.17) is 0 Å². The summed E-state index contributed by atoms with van der Waals surface area (Å²) in [5.74, 6) is -0.377. The molecule has 0 spiro atoms. The molecule has 2 rings (SSSR count). The molecule has 0 aliphatic carbocycles. The molecular formula is C19H24N2O3S. The summed E-state index contributed by atoms with van der Waals surface area (Å²) >= 11 is 0. The second kappa shape index (κ2) is 7.27. The third kappa shape index (κ3) is 4.82. The van der Waals surface area contributed by atoms with Gasteiger partial charge in [0, 0.05) is 5.69 Å². The maximum Gasteiger partial charge on any atom is 0.245 e. The zero-order valence-electron chi connectivity index (χ0n) is 15.3. The second-order valence-electron chi connectivity index (χ2n) is 6.43. The van der Waals surface area contributed by atoms with Crippen LogP contribution in [0.4, 0.5) is 11.4 Å². The average Bonchev–Trinajstić information content (AvgIpc) is 2.47. The molecule has 0 saturated carbocycles. The molecule has 0 saturated heterocycles. The minimum absolute atomic E-state index is 0.268. The molecule has 2 aromatic carbocycles. The number of nitrogens with one attached hydrogen (secondary N) is 1. The molecule has 0 heterocycles. The number of amides is 1. The Labute approximate surface area is 149 Å². The maximum absolute atomic E-state index is 12.4. The molecule has 0 atom stereocenters. The Morgan fingerprint density at radius 1 is 0.960 bits per heavy atom. The van der Waals surface area contributed by atoms with E-state index < -0.39 is 10.0 Å². The molecule has 25 heavy (non-hydrogen) atoms. The summed E-state index contributed by atoms with van der Waals surface area (Å²) in [6, 6.07) is 11.2. The van der Waals surface area contributed by atoms with Crippen molar-refractivity contribution in [3.05, 3.63) is 58.7 Å². The highest BCUT2D eigenvalue weighted by Crippen LogP contribution is 2.24. The van der Waals surface area contributed by atoms with Crippen LogP contribution in [-0.2, 0) is 14.8 Å². The molecule has 2 aromatic rings. The molecule has 0 fully saturated rings. The van der Waals surface area contributed by atoms with Crippen LogP contribution in [0.15, 0.2) is 36.4 Å². The summed E-state index contributed by atoms with van der Waals surface area (Å²) in [4.78, 5) is 12.4. The van der Waals surface area contributed by atoms with Gasteiger partial charge in [0.15, 0.2) is 0 Å². The van der Waals surface area contributed by atoms with Crippen molar-refractivity contribution in [1.82, 2.24) is 0 Å². The Kier molecular flexibility index (Phi) is 5.52. The van der Waals surface area contributed by atoms with Crippen LogP contribution in [0.25, 0.3) is 0 Å². The van der Waals surface area contributed by atoms with Gasteiger partial charge in [-0.25, -0.2) is 8.42 Å². The van der Waals surface area contributed by atoms with Crippen LogP contribution >= 0.6 is 0 Å². The Hall–Kier alpha value is -2.34. The van der Waals surface area contributed by atoms with E-state index in [0.717, 1.165) is 32.8 Å². The number of benzene rings is 2. The van der Waals surface area contributed by atoms with Gasteiger partial charge < -0.3 is 5.32 Å². The number of rotatable bonds is 5. The van der Waals surface area contributed by atoms with Crippen LogP contribution in [0.1, 0.15) is 22.3 Å². The van der Waals surface area contributed by atoms with E-state index in [1.165, 1.54) is 0 Å². The smallest absolute Gasteiger partial charge is 0.245 e. The van der Waals surface area contributed by atoms with Gasteiger partial charge in [-0.2, -0.15) is 0 Å². The lowest BCUT2D eigenvalue weighted by Gasteiger charge is -2.24. The Morgan fingerprint density at radius 3 is 2.04 bits per heavy atom. The van der Waals surface area contributed by atoms with Crippen LogP contribution in [-0.4, -0.2) is 27.1 Å². The van der Waals surface area contributed by atoms with Crippen LogP contribution in [0.3, 0.4) is 0 Å². The van der Waals surface area contributed by atoms with Crippen molar-refractivity contribution < 1.29 is 13.2 Å². The summed E-state index contributed by atoms with van der Waals surface area (Å²) < 4.78 is 25.6. The first-order chi connectivity index (χ1) is 11.6. The predicted octanol–water partition coefficient (Wildman–Crippen LogP) is 3.32. The van der Waals surface area contributed by atoms with E-state index in [1.54, 1.807) is 6.07 Å². The topological polar surface area (TPSA) is 66.5 Å². The number of hydrogen-bond acceptors (Lipinski definition) is 3. The molecule has 0 aromatic heterocycles. The summed E-state index contributed by atoms with van der Waals surface area (Å²) in [6.07, 6.45) is 1.11. The lowest BCUT2D eigenvalue weighted by Crippen LogP contribution is -2.38. The normalized spacial score (nSPS) is 11.2. The van der Waals surface area contributed by atoms with E-state index >= 15 is 0 Å². The number of sulfonamides is 1. The first-order valence-corrected chi connectivity index (χ1v) is 9.85. The Morgan fingerprint density at radius 2 is 1.52 bits per heavy atom. The number of carbonyl (C=O) groups excluding carboxylic acids is 1. The third-order valence-electron chi connectivity index (χ3n) is 3.96. The Balaban J connectivity index is 2.27. The van der Waals surface area contributed by atoms with Gasteiger partial charge in [-0.15, -0.1) is 0 Å². The SMILES string of the molecule is Cc1ccc(NC(=O)CN(c2ccc(C)cc2C)S(C)(=O)=O)c(C)c1. The molecule has 0 radical (unpaired) electrons. The molecule has 1 amide bonds. The molecule has 0 bridgehead atoms. The first kappa shape index (κ1) is 19.0. The van der Waals surface area contributed by atoms with E-state index in [-0.39, 0.29) is 12.5 Å². The van der Waals surface area contributed by atoms with Gasteiger partial charge >= 0.3 is 0 Å². The summed E-state index contributed by atoms with van der Waals surface area (Å²) in [6.45, 7) is 7.39. The molecule has 0 aliphatic heterocycles. The van der Waals surface area contributed by atoms with E-state index in [2.05, 4.69) is 5.32 Å². The van der Waals surface area contributed by atoms with Crippen molar-refractivity contribution in [3.8, 4) is 0 Å². The summed E-state index contributed by atoms with van der Waals surface area (Å²) in [7, 11) is -3.59. The third-order valence-corrected chi connectivity index (χ3v) is 5.09. The molecular weight excluding hydrogens is 336 g/mol. The standard InChI is InChI=1S/C19H24N2O3S/c1-13-6-8-17(15(3)10-13)20-19(22)12-21(25(5,23)24)18-9-7-14(2)11-16(18)4/h6-11H,12H2,1-5H3,(H,20,22).